The molecule has 0 aromatic carbocycles. The molecule has 102 valence electrons. The van der Waals surface area contributed by atoms with Crippen LogP contribution in [-0.2, 0) is 24.9 Å². The van der Waals surface area contributed by atoms with E-state index in [2.05, 4.69) is 0 Å². The predicted octanol–water partition coefficient (Wildman–Crippen LogP) is -0.685. The summed E-state index contributed by atoms with van der Waals surface area (Å²) in [6, 6.07) is 0. The molecular weight excluding hydrogens is 270 g/mol. The van der Waals surface area contributed by atoms with Gasteiger partial charge in [0.2, 0.25) is 10.0 Å². The predicted molar refractivity (Wildman–Crippen MR) is 61.8 cm³/mol. The molecule has 0 bridgehead atoms. The average Bonchev–Trinajstić information content (AvgIpc) is 2.58. The second-order valence-electron chi connectivity index (χ2n) is 4.04. The molecule has 0 amide bonds. The normalized spacial score (nSPS) is 23.1. The second-order valence-corrected chi connectivity index (χ2v) is 7.60. The molecule has 0 aromatic heterocycles. The van der Waals surface area contributed by atoms with Gasteiger partial charge >= 0.3 is 0 Å². The summed E-state index contributed by atoms with van der Waals surface area (Å²) >= 11 is 0. The molecule has 9 heteroatoms. The Morgan fingerprint density at radius 1 is 1.35 bits per heavy atom. The van der Waals surface area contributed by atoms with Crippen molar-refractivity contribution in [3.8, 4) is 0 Å². The molecule has 1 rings (SSSR count). The van der Waals surface area contributed by atoms with Crippen LogP contribution < -0.4 is 0 Å². The van der Waals surface area contributed by atoms with Crippen molar-refractivity contribution in [2.24, 2.45) is 0 Å². The number of hydrogen-bond donors (Lipinski definition) is 1. The number of hydrogen-bond acceptors (Lipinski definition) is 5. The van der Waals surface area contributed by atoms with Crippen molar-refractivity contribution in [1.82, 2.24) is 4.31 Å². The SMILES string of the molecule is CS(=O)(=O)N1CCC(OCCCS(=O)(=O)O)C1. The summed E-state index contributed by atoms with van der Waals surface area (Å²) in [5.74, 6) is -0.338. The fourth-order valence-corrected chi connectivity index (χ4v) is 2.98. The highest BCUT2D eigenvalue weighted by molar-refractivity contribution is 7.88. The molecule has 0 spiro atoms. The lowest BCUT2D eigenvalue weighted by Gasteiger charge is -2.13. The maximum Gasteiger partial charge on any atom is 0.264 e. The highest BCUT2D eigenvalue weighted by atomic mass is 32.2. The first kappa shape index (κ1) is 14.8. The van der Waals surface area contributed by atoms with Gasteiger partial charge in [-0.25, -0.2) is 8.42 Å². The quantitative estimate of drug-likeness (QED) is 0.513. The summed E-state index contributed by atoms with van der Waals surface area (Å²) in [7, 11) is -7.11. The van der Waals surface area contributed by atoms with Crippen LogP contribution in [0.5, 0.6) is 0 Å². The summed E-state index contributed by atoms with van der Waals surface area (Å²) in [6.45, 7) is 0.939. The molecule has 0 saturated carbocycles. The van der Waals surface area contributed by atoms with Gasteiger partial charge in [-0.2, -0.15) is 12.7 Å². The van der Waals surface area contributed by atoms with E-state index in [1.54, 1.807) is 0 Å². The molecule has 0 aromatic rings. The fourth-order valence-electron chi connectivity index (χ4n) is 1.63. The van der Waals surface area contributed by atoms with Gasteiger partial charge < -0.3 is 4.74 Å². The summed E-state index contributed by atoms with van der Waals surface area (Å²) in [4.78, 5) is 0. The van der Waals surface area contributed by atoms with E-state index in [1.807, 2.05) is 0 Å². The lowest BCUT2D eigenvalue weighted by atomic mass is 10.3. The molecule has 7 nitrogen and oxygen atoms in total. The standard InChI is InChI=1S/C8H17NO6S2/c1-16(10,11)9-4-3-8(7-9)15-5-2-6-17(12,13)14/h8H,2-7H2,1H3,(H,12,13,14). The number of rotatable bonds is 6. The number of sulfonamides is 1. The summed E-state index contributed by atoms with van der Waals surface area (Å²) in [5, 5.41) is 0. The smallest absolute Gasteiger partial charge is 0.264 e. The molecule has 1 atom stereocenters. The van der Waals surface area contributed by atoms with Crippen molar-refractivity contribution in [2.45, 2.75) is 18.9 Å². The topological polar surface area (TPSA) is 101 Å². The maximum atomic E-state index is 11.2. The van der Waals surface area contributed by atoms with Crippen molar-refractivity contribution in [3.05, 3.63) is 0 Å². The van der Waals surface area contributed by atoms with Gasteiger partial charge in [0.25, 0.3) is 10.1 Å². The van der Waals surface area contributed by atoms with Gasteiger partial charge in [0.1, 0.15) is 0 Å². The van der Waals surface area contributed by atoms with E-state index in [0.717, 1.165) is 6.26 Å². The van der Waals surface area contributed by atoms with Gasteiger partial charge in [0.15, 0.2) is 0 Å². The molecule has 1 saturated heterocycles. The third-order valence-corrected chi connectivity index (χ3v) is 4.55. The zero-order chi connectivity index (χ0) is 13.1. The van der Waals surface area contributed by atoms with E-state index < -0.39 is 20.1 Å². The first-order valence-corrected chi connectivity index (χ1v) is 8.66. The van der Waals surface area contributed by atoms with Gasteiger partial charge in [-0.05, 0) is 12.8 Å². The third-order valence-electron chi connectivity index (χ3n) is 2.48. The molecule has 1 aliphatic heterocycles. The zero-order valence-corrected chi connectivity index (χ0v) is 11.2. The van der Waals surface area contributed by atoms with Gasteiger partial charge in [0, 0.05) is 19.7 Å². The zero-order valence-electron chi connectivity index (χ0n) is 9.57. The molecule has 1 aliphatic rings. The Bertz CT molecular complexity index is 443. The van der Waals surface area contributed by atoms with Crippen LogP contribution >= 0.6 is 0 Å². The molecular formula is C8H17NO6S2. The molecule has 1 heterocycles. The fraction of sp³-hybridized carbons (Fsp3) is 1.00. The Morgan fingerprint density at radius 2 is 2.00 bits per heavy atom. The van der Waals surface area contributed by atoms with Gasteiger partial charge in [-0.3, -0.25) is 4.55 Å². The Balaban J connectivity index is 2.23. The minimum Gasteiger partial charge on any atom is -0.377 e. The van der Waals surface area contributed by atoms with Crippen LogP contribution in [0.2, 0.25) is 0 Å². The van der Waals surface area contributed by atoms with Crippen LogP contribution in [0, 0.1) is 0 Å². The highest BCUT2D eigenvalue weighted by Crippen LogP contribution is 2.15. The minimum atomic E-state index is -3.94. The Hall–Kier alpha value is -0.220. The molecule has 17 heavy (non-hydrogen) atoms. The Morgan fingerprint density at radius 3 is 2.47 bits per heavy atom. The van der Waals surface area contributed by atoms with Crippen molar-refractivity contribution in [3.63, 3.8) is 0 Å². The molecule has 0 radical (unpaired) electrons. The number of nitrogens with zero attached hydrogens (tertiary/aromatic N) is 1. The van der Waals surface area contributed by atoms with Crippen molar-refractivity contribution < 1.29 is 26.1 Å². The molecule has 0 aliphatic carbocycles. The molecule has 1 fully saturated rings. The Labute approximate surface area is 102 Å². The summed E-state index contributed by atoms with van der Waals surface area (Å²) in [6.07, 6.45) is 1.77. The van der Waals surface area contributed by atoms with E-state index in [9.17, 15) is 16.8 Å². The van der Waals surface area contributed by atoms with Crippen LogP contribution in [-0.4, -0.2) is 63.5 Å². The van der Waals surface area contributed by atoms with E-state index in [4.69, 9.17) is 9.29 Å². The first-order valence-electron chi connectivity index (χ1n) is 5.20. The highest BCUT2D eigenvalue weighted by Gasteiger charge is 2.28. The lowest BCUT2D eigenvalue weighted by Crippen LogP contribution is -2.29. The lowest BCUT2D eigenvalue weighted by molar-refractivity contribution is 0.0643. The van der Waals surface area contributed by atoms with Crippen LogP contribution in [0.1, 0.15) is 12.8 Å². The number of ether oxygens (including phenoxy) is 1. The van der Waals surface area contributed by atoms with Crippen molar-refractivity contribution in [2.75, 3.05) is 31.7 Å². The second kappa shape index (κ2) is 5.61. The van der Waals surface area contributed by atoms with Crippen molar-refractivity contribution in [1.29, 1.82) is 0 Å². The maximum absolute atomic E-state index is 11.2. The summed E-state index contributed by atoms with van der Waals surface area (Å²) in [5.41, 5.74) is 0. The monoisotopic (exact) mass is 287 g/mol. The average molecular weight is 287 g/mol. The Kier molecular flexibility index (Phi) is 4.90. The summed E-state index contributed by atoms with van der Waals surface area (Å²) < 4.78 is 58.4. The van der Waals surface area contributed by atoms with E-state index in [1.165, 1.54) is 4.31 Å². The molecule has 1 N–H and O–H groups in total. The third kappa shape index (κ3) is 5.77. The van der Waals surface area contributed by atoms with Crippen LogP contribution in [0.3, 0.4) is 0 Å². The van der Waals surface area contributed by atoms with E-state index in [-0.39, 0.29) is 24.9 Å². The first-order chi connectivity index (χ1) is 7.68. The van der Waals surface area contributed by atoms with Crippen LogP contribution in [0.4, 0.5) is 0 Å². The van der Waals surface area contributed by atoms with Gasteiger partial charge in [-0.15, -0.1) is 0 Å². The van der Waals surface area contributed by atoms with Crippen molar-refractivity contribution >= 4 is 20.1 Å². The van der Waals surface area contributed by atoms with E-state index in [0.29, 0.717) is 19.5 Å². The largest absolute Gasteiger partial charge is 0.377 e. The van der Waals surface area contributed by atoms with Gasteiger partial charge in [-0.1, -0.05) is 0 Å². The van der Waals surface area contributed by atoms with E-state index >= 15 is 0 Å². The van der Waals surface area contributed by atoms with Gasteiger partial charge in [0.05, 0.1) is 18.1 Å². The minimum absolute atomic E-state index is 0.189. The molecule has 1 unspecified atom stereocenters. The van der Waals surface area contributed by atoms with Crippen LogP contribution in [0.15, 0.2) is 0 Å². The van der Waals surface area contributed by atoms with Crippen LogP contribution in [0.25, 0.3) is 0 Å².